The Balaban J connectivity index is 1.43. The normalized spacial score (nSPS) is 15.1. The molecule has 0 fully saturated rings. The quantitative estimate of drug-likeness (QED) is 0.432. The van der Waals surface area contributed by atoms with Crippen molar-refractivity contribution in [3.63, 3.8) is 0 Å². The van der Waals surface area contributed by atoms with Crippen molar-refractivity contribution in [2.45, 2.75) is 32.8 Å². The number of anilines is 2. The predicted octanol–water partition coefficient (Wildman–Crippen LogP) is 5.65. The maximum absolute atomic E-state index is 12.8. The van der Waals surface area contributed by atoms with E-state index in [4.69, 9.17) is 9.47 Å². The number of hydrogen-bond acceptors (Lipinski definition) is 4. The minimum absolute atomic E-state index is 0.151. The summed E-state index contributed by atoms with van der Waals surface area (Å²) in [5.41, 5.74) is 3.39. The zero-order chi connectivity index (χ0) is 24.8. The smallest absolute Gasteiger partial charge is 0.267 e. The highest BCUT2D eigenvalue weighted by Crippen LogP contribution is 2.36. The van der Waals surface area contributed by atoms with Crippen molar-refractivity contribution in [3.8, 4) is 11.5 Å². The SMILES string of the molecule is CC1Oc2ccc(NC(=O)/C=C/c3ccc(C(C)C)cc3)cc2N(CCOc2ccccc2)C1=O. The van der Waals surface area contributed by atoms with Gasteiger partial charge in [0.2, 0.25) is 5.91 Å². The van der Waals surface area contributed by atoms with Gasteiger partial charge in [0.25, 0.3) is 5.91 Å². The first-order valence-electron chi connectivity index (χ1n) is 11.8. The molecule has 0 spiro atoms. The van der Waals surface area contributed by atoms with E-state index in [0.29, 0.717) is 36.2 Å². The van der Waals surface area contributed by atoms with Gasteiger partial charge in [0.1, 0.15) is 18.1 Å². The van der Waals surface area contributed by atoms with E-state index in [1.807, 2.05) is 42.5 Å². The number of benzene rings is 3. The molecular weight excluding hydrogens is 440 g/mol. The highest BCUT2D eigenvalue weighted by Gasteiger charge is 2.31. The molecule has 0 aliphatic carbocycles. The monoisotopic (exact) mass is 470 g/mol. The molecule has 1 unspecified atom stereocenters. The van der Waals surface area contributed by atoms with Crippen molar-refractivity contribution >= 4 is 29.3 Å². The van der Waals surface area contributed by atoms with Gasteiger partial charge in [-0.1, -0.05) is 56.3 Å². The molecule has 1 aliphatic heterocycles. The lowest BCUT2D eigenvalue weighted by Crippen LogP contribution is -2.46. The first-order valence-corrected chi connectivity index (χ1v) is 11.8. The van der Waals surface area contributed by atoms with Crippen LogP contribution in [0.4, 0.5) is 11.4 Å². The van der Waals surface area contributed by atoms with Crippen LogP contribution in [-0.4, -0.2) is 31.1 Å². The fourth-order valence-corrected chi connectivity index (χ4v) is 3.83. The summed E-state index contributed by atoms with van der Waals surface area (Å²) in [5, 5.41) is 2.87. The van der Waals surface area contributed by atoms with Gasteiger partial charge < -0.3 is 19.7 Å². The summed E-state index contributed by atoms with van der Waals surface area (Å²) in [4.78, 5) is 27.0. The molecule has 6 heteroatoms. The first-order chi connectivity index (χ1) is 16.9. The third-order valence-electron chi connectivity index (χ3n) is 5.79. The fraction of sp³-hybridized carbons (Fsp3) is 0.241. The summed E-state index contributed by atoms with van der Waals surface area (Å²) < 4.78 is 11.6. The molecule has 1 aliphatic rings. The Morgan fingerprint density at radius 1 is 1.09 bits per heavy atom. The molecule has 6 nitrogen and oxygen atoms in total. The molecule has 2 amide bonds. The van der Waals surface area contributed by atoms with E-state index in [1.54, 1.807) is 36.1 Å². The van der Waals surface area contributed by atoms with Gasteiger partial charge in [0.15, 0.2) is 6.10 Å². The van der Waals surface area contributed by atoms with Crippen LogP contribution >= 0.6 is 0 Å². The average Bonchev–Trinajstić information content (AvgIpc) is 2.86. The molecule has 1 N–H and O–H groups in total. The number of rotatable bonds is 8. The number of hydrogen-bond donors (Lipinski definition) is 1. The third kappa shape index (κ3) is 6.09. The molecule has 4 rings (SSSR count). The zero-order valence-corrected chi connectivity index (χ0v) is 20.2. The average molecular weight is 471 g/mol. The largest absolute Gasteiger partial charge is 0.492 e. The van der Waals surface area contributed by atoms with E-state index in [-0.39, 0.29) is 11.8 Å². The second-order valence-electron chi connectivity index (χ2n) is 8.74. The van der Waals surface area contributed by atoms with E-state index in [9.17, 15) is 9.59 Å². The van der Waals surface area contributed by atoms with Gasteiger partial charge in [-0.25, -0.2) is 0 Å². The van der Waals surface area contributed by atoms with Crippen molar-refractivity contribution in [2.24, 2.45) is 0 Å². The number of nitrogens with zero attached hydrogens (tertiary/aromatic N) is 1. The highest BCUT2D eigenvalue weighted by molar-refractivity contribution is 6.04. The number of ether oxygens (including phenoxy) is 2. The lowest BCUT2D eigenvalue weighted by atomic mass is 10.0. The Morgan fingerprint density at radius 3 is 2.54 bits per heavy atom. The van der Waals surface area contributed by atoms with Crippen molar-refractivity contribution in [2.75, 3.05) is 23.4 Å². The van der Waals surface area contributed by atoms with Crippen molar-refractivity contribution in [1.29, 1.82) is 0 Å². The van der Waals surface area contributed by atoms with Crippen molar-refractivity contribution in [3.05, 3.63) is 90.0 Å². The number of amides is 2. The molecule has 180 valence electrons. The molecular formula is C29H30N2O4. The van der Waals surface area contributed by atoms with Crippen LogP contribution in [0.1, 0.15) is 37.8 Å². The van der Waals surface area contributed by atoms with Gasteiger partial charge >= 0.3 is 0 Å². The summed E-state index contributed by atoms with van der Waals surface area (Å²) in [6.07, 6.45) is 2.68. The Morgan fingerprint density at radius 2 is 1.83 bits per heavy atom. The summed E-state index contributed by atoms with van der Waals surface area (Å²) >= 11 is 0. The maximum Gasteiger partial charge on any atom is 0.267 e. The van der Waals surface area contributed by atoms with Gasteiger partial charge in [0, 0.05) is 11.8 Å². The Kier molecular flexibility index (Phi) is 7.51. The molecule has 3 aromatic rings. The van der Waals surface area contributed by atoms with Crippen LogP contribution in [0.25, 0.3) is 6.08 Å². The summed E-state index contributed by atoms with van der Waals surface area (Å²) in [5.74, 6) is 1.39. The van der Waals surface area contributed by atoms with E-state index in [2.05, 4.69) is 31.3 Å². The first kappa shape index (κ1) is 24.1. The number of nitrogens with one attached hydrogen (secondary N) is 1. The van der Waals surface area contributed by atoms with Crippen LogP contribution in [0.2, 0.25) is 0 Å². The zero-order valence-electron chi connectivity index (χ0n) is 20.2. The molecule has 0 radical (unpaired) electrons. The van der Waals surface area contributed by atoms with Gasteiger partial charge in [-0.15, -0.1) is 0 Å². The molecule has 0 saturated carbocycles. The van der Waals surface area contributed by atoms with E-state index in [1.165, 1.54) is 11.6 Å². The number of carbonyl (C=O) groups is 2. The summed E-state index contributed by atoms with van der Waals surface area (Å²) in [7, 11) is 0. The van der Waals surface area contributed by atoms with Crippen LogP contribution < -0.4 is 19.7 Å². The van der Waals surface area contributed by atoms with Crippen LogP contribution in [0.5, 0.6) is 11.5 Å². The second-order valence-corrected chi connectivity index (χ2v) is 8.74. The lowest BCUT2D eigenvalue weighted by Gasteiger charge is -2.33. The standard InChI is InChI=1S/C29H30N2O4/c1-20(2)23-12-9-22(10-13-23)11-16-28(32)30-24-14-15-27-26(19-24)31(29(33)21(3)35-27)17-18-34-25-7-5-4-6-8-25/h4-16,19-21H,17-18H2,1-3H3,(H,30,32)/b16-11+. The Labute approximate surface area is 206 Å². The predicted molar refractivity (Wildman–Crippen MR) is 139 cm³/mol. The molecule has 35 heavy (non-hydrogen) atoms. The van der Waals surface area contributed by atoms with E-state index >= 15 is 0 Å². The Bertz CT molecular complexity index is 1200. The number of carbonyl (C=O) groups excluding carboxylic acids is 2. The molecule has 1 heterocycles. The van der Waals surface area contributed by atoms with Crippen molar-refractivity contribution < 1.29 is 19.1 Å². The van der Waals surface area contributed by atoms with Crippen molar-refractivity contribution in [1.82, 2.24) is 0 Å². The number of fused-ring (bicyclic) bond motifs is 1. The highest BCUT2D eigenvalue weighted by atomic mass is 16.5. The van der Waals surface area contributed by atoms with Gasteiger partial charge in [0.05, 0.1) is 12.2 Å². The van der Waals surface area contributed by atoms with Gasteiger partial charge in [-0.05, 0) is 60.4 Å². The van der Waals surface area contributed by atoms with Crippen LogP contribution in [0.3, 0.4) is 0 Å². The fourth-order valence-electron chi connectivity index (χ4n) is 3.83. The molecule has 0 bridgehead atoms. The van der Waals surface area contributed by atoms with Crippen LogP contribution in [0.15, 0.2) is 78.9 Å². The van der Waals surface area contributed by atoms with Gasteiger partial charge in [-0.3, -0.25) is 9.59 Å². The lowest BCUT2D eigenvalue weighted by molar-refractivity contribution is -0.125. The minimum Gasteiger partial charge on any atom is -0.492 e. The van der Waals surface area contributed by atoms with Crippen LogP contribution in [-0.2, 0) is 9.59 Å². The minimum atomic E-state index is -0.593. The second kappa shape index (κ2) is 10.9. The van der Waals surface area contributed by atoms with Crippen LogP contribution in [0, 0.1) is 0 Å². The summed E-state index contributed by atoms with van der Waals surface area (Å²) in [6.45, 7) is 6.71. The van der Waals surface area contributed by atoms with Gasteiger partial charge in [-0.2, -0.15) is 0 Å². The molecule has 0 saturated heterocycles. The number of para-hydroxylation sites is 1. The topological polar surface area (TPSA) is 67.9 Å². The van der Waals surface area contributed by atoms with E-state index < -0.39 is 6.10 Å². The Hall–Kier alpha value is -4.06. The molecule has 0 aromatic heterocycles. The third-order valence-corrected chi connectivity index (χ3v) is 5.79. The van der Waals surface area contributed by atoms with E-state index in [0.717, 1.165) is 11.3 Å². The molecule has 1 atom stereocenters. The molecule has 3 aromatic carbocycles. The summed E-state index contributed by atoms with van der Waals surface area (Å²) in [6, 6.07) is 22.9. The maximum atomic E-state index is 12.8.